The SMILES string of the molecule is CC(C)OC(=O)CN1CCN(Cc2ccccc2)CC1. The van der Waals surface area contributed by atoms with Crippen LogP contribution < -0.4 is 0 Å². The number of nitrogens with zero attached hydrogens (tertiary/aromatic N) is 2. The van der Waals surface area contributed by atoms with Crippen LogP contribution in [-0.2, 0) is 16.1 Å². The largest absolute Gasteiger partial charge is 0.462 e. The first-order chi connectivity index (χ1) is 9.63. The summed E-state index contributed by atoms with van der Waals surface area (Å²) >= 11 is 0. The van der Waals surface area contributed by atoms with E-state index < -0.39 is 0 Å². The summed E-state index contributed by atoms with van der Waals surface area (Å²) in [4.78, 5) is 16.2. The van der Waals surface area contributed by atoms with E-state index in [0.717, 1.165) is 32.7 Å². The van der Waals surface area contributed by atoms with Crippen molar-refractivity contribution >= 4 is 5.97 Å². The lowest BCUT2D eigenvalue weighted by Gasteiger charge is -2.34. The summed E-state index contributed by atoms with van der Waals surface area (Å²) in [5, 5.41) is 0. The summed E-state index contributed by atoms with van der Waals surface area (Å²) < 4.78 is 5.18. The molecule has 1 aliphatic heterocycles. The van der Waals surface area contributed by atoms with E-state index in [-0.39, 0.29) is 12.1 Å². The number of carbonyl (C=O) groups is 1. The van der Waals surface area contributed by atoms with Crippen molar-refractivity contribution in [3.63, 3.8) is 0 Å². The highest BCUT2D eigenvalue weighted by atomic mass is 16.5. The zero-order valence-electron chi connectivity index (χ0n) is 12.4. The minimum absolute atomic E-state index is 0.0260. The molecule has 1 heterocycles. The third-order valence-electron chi connectivity index (χ3n) is 3.43. The Hall–Kier alpha value is -1.39. The van der Waals surface area contributed by atoms with Gasteiger partial charge in [0.1, 0.15) is 0 Å². The Labute approximate surface area is 121 Å². The van der Waals surface area contributed by atoms with Gasteiger partial charge < -0.3 is 4.74 Å². The fraction of sp³-hybridized carbons (Fsp3) is 0.562. The Kier molecular flexibility index (Phi) is 5.56. The van der Waals surface area contributed by atoms with Gasteiger partial charge in [-0.2, -0.15) is 0 Å². The van der Waals surface area contributed by atoms with Crippen molar-refractivity contribution in [2.24, 2.45) is 0 Å². The molecule has 0 N–H and O–H groups in total. The highest BCUT2D eigenvalue weighted by Gasteiger charge is 2.19. The highest BCUT2D eigenvalue weighted by molar-refractivity contribution is 5.71. The second-order valence-corrected chi connectivity index (χ2v) is 5.58. The van der Waals surface area contributed by atoms with E-state index in [2.05, 4.69) is 34.1 Å². The van der Waals surface area contributed by atoms with Crippen LogP contribution in [0.25, 0.3) is 0 Å². The van der Waals surface area contributed by atoms with Crippen molar-refractivity contribution in [2.45, 2.75) is 26.5 Å². The third kappa shape index (κ3) is 4.94. The van der Waals surface area contributed by atoms with Gasteiger partial charge in [0, 0.05) is 32.7 Å². The van der Waals surface area contributed by atoms with E-state index >= 15 is 0 Å². The topological polar surface area (TPSA) is 32.8 Å². The van der Waals surface area contributed by atoms with Crippen LogP contribution in [0.5, 0.6) is 0 Å². The quantitative estimate of drug-likeness (QED) is 0.767. The molecular weight excluding hydrogens is 252 g/mol. The standard InChI is InChI=1S/C16H24N2O2/c1-14(2)20-16(19)13-18-10-8-17(9-11-18)12-15-6-4-3-5-7-15/h3-7,14H,8-13H2,1-2H3. The van der Waals surface area contributed by atoms with E-state index in [0.29, 0.717) is 6.54 Å². The fourth-order valence-corrected chi connectivity index (χ4v) is 2.43. The summed E-state index contributed by atoms with van der Waals surface area (Å²) in [6.07, 6.45) is -0.0260. The number of hydrogen-bond acceptors (Lipinski definition) is 4. The molecule has 1 aromatic rings. The number of benzene rings is 1. The number of esters is 1. The summed E-state index contributed by atoms with van der Waals surface area (Å²) in [6.45, 7) is 9.04. The maximum Gasteiger partial charge on any atom is 0.320 e. The third-order valence-corrected chi connectivity index (χ3v) is 3.43. The van der Waals surface area contributed by atoms with E-state index in [4.69, 9.17) is 4.74 Å². The van der Waals surface area contributed by atoms with Crippen molar-refractivity contribution in [3.8, 4) is 0 Å². The van der Waals surface area contributed by atoms with Crippen LogP contribution in [0.1, 0.15) is 19.4 Å². The van der Waals surface area contributed by atoms with Crippen LogP contribution in [0.15, 0.2) is 30.3 Å². The van der Waals surface area contributed by atoms with Gasteiger partial charge in [-0.3, -0.25) is 14.6 Å². The maximum atomic E-state index is 11.6. The van der Waals surface area contributed by atoms with E-state index in [1.165, 1.54) is 5.56 Å². The molecule has 4 nitrogen and oxygen atoms in total. The molecule has 0 unspecified atom stereocenters. The van der Waals surface area contributed by atoms with Crippen LogP contribution in [0, 0.1) is 0 Å². The molecule has 20 heavy (non-hydrogen) atoms. The first-order valence-electron chi connectivity index (χ1n) is 7.31. The zero-order valence-corrected chi connectivity index (χ0v) is 12.4. The Morgan fingerprint density at radius 1 is 1.10 bits per heavy atom. The molecule has 0 saturated carbocycles. The van der Waals surface area contributed by atoms with Gasteiger partial charge in [0.25, 0.3) is 0 Å². The number of hydrogen-bond donors (Lipinski definition) is 0. The lowest BCUT2D eigenvalue weighted by Crippen LogP contribution is -2.47. The second-order valence-electron chi connectivity index (χ2n) is 5.58. The Morgan fingerprint density at radius 2 is 1.70 bits per heavy atom. The van der Waals surface area contributed by atoms with Crippen LogP contribution >= 0.6 is 0 Å². The summed E-state index contributed by atoms with van der Waals surface area (Å²) in [5.74, 6) is -0.114. The van der Waals surface area contributed by atoms with Crippen molar-refractivity contribution in [1.29, 1.82) is 0 Å². The molecule has 2 rings (SSSR count). The van der Waals surface area contributed by atoms with Crippen LogP contribution in [0.4, 0.5) is 0 Å². The number of ether oxygens (including phenoxy) is 1. The van der Waals surface area contributed by atoms with Crippen LogP contribution in [0.3, 0.4) is 0 Å². The highest BCUT2D eigenvalue weighted by Crippen LogP contribution is 2.08. The summed E-state index contributed by atoms with van der Waals surface area (Å²) in [5.41, 5.74) is 1.35. The van der Waals surface area contributed by atoms with E-state index in [1.54, 1.807) is 0 Å². The minimum atomic E-state index is -0.114. The molecule has 0 amide bonds. The molecule has 1 saturated heterocycles. The van der Waals surface area contributed by atoms with Gasteiger partial charge in [0.05, 0.1) is 12.6 Å². The predicted molar refractivity (Wildman–Crippen MR) is 79.4 cm³/mol. The van der Waals surface area contributed by atoms with Crippen LogP contribution in [-0.4, -0.2) is 54.6 Å². The molecule has 0 spiro atoms. The second kappa shape index (κ2) is 7.41. The molecule has 1 aliphatic rings. The van der Waals surface area contributed by atoms with Gasteiger partial charge in [0.2, 0.25) is 0 Å². The first kappa shape index (κ1) is 15.0. The van der Waals surface area contributed by atoms with Crippen molar-refractivity contribution in [2.75, 3.05) is 32.7 Å². The summed E-state index contributed by atoms with van der Waals surface area (Å²) in [6, 6.07) is 10.5. The predicted octanol–water partition coefficient (Wildman–Crippen LogP) is 1.76. The van der Waals surface area contributed by atoms with Gasteiger partial charge in [-0.25, -0.2) is 0 Å². The fourth-order valence-electron chi connectivity index (χ4n) is 2.43. The molecule has 0 aromatic heterocycles. The number of piperazine rings is 1. The maximum absolute atomic E-state index is 11.6. The van der Waals surface area contributed by atoms with Gasteiger partial charge in [-0.15, -0.1) is 0 Å². The van der Waals surface area contributed by atoms with Gasteiger partial charge in [-0.1, -0.05) is 30.3 Å². The lowest BCUT2D eigenvalue weighted by atomic mass is 10.2. The number of carbonyl (C=O) groups excluding carboxylic acids is 1. The normalized spacial score (nSPS) is 17.4. The average Bonchev–Trinajstić information content (AvgIpc) is 2.41. The van der Waals surface area contributed by atoms with Crippen LogP contribution in [0.2, 0.25) is 0 Å². The minimum Gasteiger partial charge on any atom is -0.462 e. The van der Waals surface area contributed by atoms with E-state index in [9.17, 15) is 4.79 Å². The smallest absolute Gasteiger partial charge is 0.320 e. The van der Waals surface area contributed by atoms with Crippen molar-refractivity contribution < 1.29 is 9.53 Å². The Balaban J connectivity index is 1.71. The van der Waals surface area contributed by atoms with Gasteiger partial charge in [-0.05, 0) is 19.4 Å². The molecule has 0 aliphatic carbocycles. The zero-order chi connectivity index (χ0) is 14.4. The van der Waals surface area contributed by atoms with Crippen molar-refractivity contribution in [3.05, 3.63) is 35.9 Å². The van der Waals surface area contributed by atoms with E-state index in [1.807, 2.05) is 19.9 Å². The molecule has 1 fully saturated rings. The molecule has 0 atom stereocenters. The monoisotopic (exact) mass is 276 g/mol. The molecule has 0 bridgehead atoms. The first-order valence-corrected chi connectivity index (χ1v) is 7.31. The summed E-state index contributed by atoms with van der Waals surface area (Å²) in [7, 11) is 0. The average molecular weight is 276 g/mol. The molecule has 110 valence electrons. The Bertz CT molecular complexity index is 412. The molecule has 1 aromatic carbocycles. The molecular formula is C16H24N2O2. The van der Waals surface area contributed by atoms with Gasteiger partial charge in [0.15, 0.2) is 0 Å². The van der Waals surface area contributed by atoms with Crippen molar-refractivity contribution in [1.82, 2.24) is 9.80 Å². The molecule has 0 radical (unpaired) electrons. The number of rotatable bonds is 5. The lowest BCUT2D eigenvalue weighted by molar-refractivity contribution is -0.149. The van der Waals surface area contributed by atoms with Gasteiger partial charge >= 0.3 is 5.97 Å². The molecule has 4 heteroatoms. The Morgan fingerprint density at radius 3 is 2.30 bits per heavy atom.